The highest BCUT2D eigenvalue weighted by atomic mass is 16.5. The number of rotatable bonds is 13. The van der Waals surface area contributed by atoms with E-state index < -0.39 is 0 Å². The molecule has 1 aromatic carbocycles. The smallest absolute Gasteiger partial charge is 0.191 e. The second-order valence-electron chi connectivity index (χ2n) is 8.14. The minimum Gasteiger partial charge on any atom is -0.493 e. The first-order valence-electron chi connectivity index (χ1n) is 11.8. The van der Waals surface area contributed by atoms with E-state index in [2.05, 4.69) is 57.5 Å². The average Bonchev–Trinajstić information content (AvgIpc) is 2.80. The van der Waals surface area contributed by atoms with Gasteiger partial charge in [-0.05, 0) is 44.5 Å². The van der Waals surface area contributed by atoms with Gasteiger partial charge in [-0.3, -0.25) is 4.99 Å². The normalized spacial score (nSPS) is 15.8. The van der Waals surface area contributed by atoms with Crippen molar-refractivity contribution in [3.63, 3.8) is 0 Å². The molecule has 0 unspecified atom stereocenters. The molecule has 0 amide bonds. The van der Waals surface area contributed by atoms with E-state index in [4.69, 9.17) is 9.47 Å². The Labute approximate surface area is 189 Å². The van der Waals surface area contributed by atoms with Gasteiger partial charge >= 0.3 is 0 Å². The SMILES string of the molecule is CCN1CCN(CCCCNC(=NC)NCc2ccc(C)cc2OCCCOC)CC1. The molecule has 0 spiro atoms. The van der Waals surface area contributed by atoms with Crippen LogP contribution in [0.15, 0.2) is 23.2 Å². The summed E-state index contributed by atoms with van der Waals surface area (Å²) in [4.78, 5) is 9.48. The van der Waals surface area contributed by atoms with Crippen LogP contribution in [0.2, 0.25) is 0 Å². The number of nitrogens with zero attached hydrogens (tertiary/aromatic N) is 3. The van der Waals surface area contributed by atoms with Crippen LogP contribution in [0.5, 0.6) is 5.75 Å². The van der Waals surface area contributed by atoms with Gasteiger partial charge in [0.1, 0.15) is 5.75 Å². The predicted molar refractivity (Wildman–Crippen MR) is 129 cm³/mol. The molecule has 2 rings (SSSR count). The van der Waals surface area contributed by atoms with Gasteiger partial charge in [-0.1, -0.05) is 19.1 Å². The molecule has 0 bridgehead atoms. The van der Waals surface area contributed by atoms with Gasteiger partial charge in [0.15, 0.2) is 5.96 Å². The first-order valence-corrected chi connectivity index (χ1v) is 11.8. The Morgan fingerprint density at radius 2 is 1.81 bits per heavy atom. The van der Waals surface area contributed by atoms with E-state index in [1.165, 1.54) is 51.3 Å². The minimum absolute atomic E-state index is 0.658. The van der Waals surface area contributed by atoms with Crippen LogP contribution in [0.4, 0.5) is 0 Å². The fraction of sp³-hybridized carbons (Fsp3) is 0.708. The molecule has 176 valence electrons. The number of aryl methyl sites for hydroxylation is 1. The monoisotopic (exact) mass is 433 g/mol. The molecule has 1 saturated heterocycles. The number of unbranched alkanes of at least 4 members (excludes halogenated alkanes) is 1. The molecule has 1 aliphatic heterocycles. The van der Waals surface area contributed by atoms with E-state index >= 15 is 0 Å². The summed E-state index contributed by atoms with van der Waals surface area (Å²) in [5, 5.41) is 6.86. The third kappa shape index (κ3) is 9.89. The zero-order valence-electron chi connectivity index (χ0n) is 20.1. The molecule has 2 N–H and O–H groups in total. The third-order valence-electron chi connectivity index (χ3n) is 5.75. The lowest BCUT2D eigenvalue weighted by molar-refractivity contribution is 0.136. The first-order chi connectivity index (χ1) is 15.2. The summed E-state index contributed by atoms with van der Waals surface area (Å²) in [7, 11) is 3.54. The zero-order chi connectivity index (χ0) is 22.3. The van der Waals surface area contributed by atoms with Gasteiger partial charge in [-0.25, -0.2) is 0 Å². The molecule has 31 heavy (non-hydrogen) atoms. The van der Waals surface area contributed by atoms with Crippen molar-refractivity contribution in [3.05, 3.63) is 29.3 Å². The second kappa shape index (κ2) is 15.1. The number of nitrogens with one attached hydrogen (secondary N) is 2. The van der Waals surface area contributed by atoms with E-state index in [9.17, 15) is 0 Å². The van der Waals surface area contributed by atoms with E-state index in [1.54, 1.807) is 7.11 Å². The molecule has 1 aromatic rings. The lowest BCUT2D eigenvalue weighted by atomic mass is 10.1. The van der Waals surface area contributed by atoms with Crippen molar-refractivity contribution >= 4 is 5.96 Å². The number of piperazine rings is 1. The minimum atomic E-state index is 0.658. The van der Waals surface area contributed by atoms with Gasteiger partial charge in [0.05, 0.1) is 6.61 Å². The van der Waals surface area contributed by atoms with Gasteiger partial charge in [0.2, 0.25) is 0 Å². The van der Waals surface area contributed by atoms with Gasteiger partial charge in [0.25, 0.3) is 0 Å². The number of hydrogen-bond donors (Lipinski definition) is 2. The van der Waals surface area contributed by atoms with Crippen LogP contribution >= 0.6 is 0 Å². The van der Waals surface area contributed by atoms with Crippen molar-refractivity contribution < 1.29 is 9.47 Å². The molecule has 0 radical (unpaired) electrons. The summed E-state index contributed by atoms with van der Waals surface area (Å²) in [6.07, 6.45) is 3.25. The van der Waals surface area contributed by atoms with Crippen LogP contribution in [0.25, 0.3) is 0 Å². The lowest BCUT2D eigenvalue weighted by Crippen LogP contribution is -2.46. The molecule has 0 atom stereocenters. The van der Waals surface area contributed by atoms with Crippen molar-refractivity contribution in [2.45, 2.75) is 39.7 Å². The van der Waals surface area contributed by atoms with E-state index in [-0.39, 0.29) is 0 Å². The zero-order valence-corrected chi connectivity index (χ0v) is 20.1. The number of ether oxygens (including phenoxy) is 2. The highest BCUT2D eigenvalue weighted by Gasteiger charge is 2.14. The van der Waals surface area contributed by atoms with E-state index in [0.29, 0.717) is 19.8 Å². The fourth-order valence-corrected chi connectivity index (χ4v) is 3.72. The third-order valence-corrected chi connectivity index (χ3v) is 5.75. The predicted octanol–water partition coefficient (Wildman–Crippen LogP) is 2.49. The first kappa shape index (κ1) is 25.4. The number of hydrogen-bond acceptors (Lipinski definition) is 5. The molecular formula is C24H43N5O2. The number of aliphatic imine (C=N–C) groups is 1. The molecule has 0 saturated carbocycles. The molecule has 0 aliphatic carbocycles. The molecule has 1 fully saturated rings. The average molecular weight is 434 g/mol. The van der Waals surface area contributed by atoms with Gasteiger partial charge < -0.3 is 29.9 Å². The number of methoxy groups -OCH3 is 1. The molecule has 7 heteroatoms. The topological polar surface area (TPSA) is 61.4 Å². The summed E-state index contributed by atoms with van der Waals surface area (Å²) >= 11 is 0. The Morgan fingerprint density at radius 1 is 1.03 bits per heavy atom. The van der Waals surface area contributed by atoms with Crippen molar-refractivity contribution in [2.75, 3.05) is 73.2 Å². The second-order valence-corrected chi connectivity index (χ2v) is 8.14. The van der Waals surface area contributed by atoms with Crippen molar-refractivity contribution in [1.82, 2.24) is 20.4 Å². The fourth-order valence-electron chi connectivity index (χ4n) is 3.72. The summed E-state index contributed by atoms with van der Waals surface area (Å²) < 4.78 is 11.1. The Morgan fingerprint density at radius 3 is 2.52 bits per heavy atom. The Bertz CT molecular complexity index is 645. The van der Waals surface area contributed by atoms with Crippen LogP contribution in [0, 0.1) is 6.92 Å². The summed E-state index contributed by atoms with van der Waals surface area (Å²) in [6.45, 7) is 14.5. The maximum absolute atomic E-state index is 5.98. The molecule has 7 nitrogen and oxygen atoms in total. The molecule has 1 heterocycles. The number of benzene rings is 1. The van der Waals surface area contributed by atoms with Crippen molar-refractivity contribution in [3.8, 4) is 5.75 Å². The maximum atomic E-state index is 5.98. The summed E-state index contributed by atoms with van der Waals surface area (Å²) in [5.74, 6) is 1.77. The molecule has 0 aromatic heterocycles. The van der Waals surface area contributed by atoms with E-state index in [1.807, 2.05) is 7.05 Å². The standard InChI is InChI=1S/C24H43N5O2/c1-5-28-13-15-29(16-14-28)12-7-6-11-26-24(25-3)27-20-22-10-9-21(2)19-23(22)31-18-8-17-30-4/h9-10,19H,5-8,11-18,20H2,1-4H3,(H2,25,26,27). The Hall–Kier alpha value is -1.83. The highest BCUT2D eigenvalue weighted by molar-refractivity contribution is 5.79. The largest absolute Gasteiger partial charge is 0.493 e. The molecule has 1 aliphatic rings. The van der Waals surface area contributed by atoms with Crippen LogP contribution in [-0.4, -0.2) is 88.9 Å². The van der Waals surface area contributed by atoms with Gasteiger partial charge in [0, 0.05) is 72.0 Å². The highest BCUT2D eigenvalue weighted by Crippen LogP contribution is 2.20. The lowest BCUT2D eigenvalue weighted by Gasteiger charge is -2.34. The van der Waals surface area contributed by atoms with Crippen LogP contribution in [0.3, 0.4) is 0 Å². The van der Waals surface area contributed by atoms with Gasteiger partial charge in [-0.15, -0.1) is 0 Å². The van der Waals surface area contributed by atoms with Crippen molar-refractivity contribution in [2.24, 2.45) is 4.99 Å². The Kier molecular flexibility index (Phi) is 12.3. The van der Waals surface area contributed by atoms with Crippen LogP contribution < -0.4 is 15.4 Å². The van der Waals surface area contributed by atoms with Crippen LogP contribution in [-0.2, 0) is 11.3 Å². The maximum Gasteiger partial charge on any atom is 0.191 e. The number of guanidine groups is 1. The summed E-state index contributed by atoms with van der Waals surface area (Å²) in [6, 6.07) is 6.34. The van der Waals surface area contributed by atoms with E-state index in [0.717, 1.165) is 36.7 Å². The van der Waals surface area contributed by atoms with Crippen LogP contribution in [0.1, 0.15) is 37.3 Å². The molecular weight excluding hydrogens is 390 g/mol. The van der Waals surface area contributed by atoms with Gasteiger partial charge in [-0.2, -0.15) is 0 Å². The summed E-state index contributed by atoms with van der Waals surface area (Å²) in [5.41, 5.74) is 2.33. The Balaban J connectivity index is 1.66. The van der Waals surface area contributed by atoms with Crippen molar-refractivity contribution in [1.29, 1.82) is 0 Å². The quantitative estimate of drug-likeness (QED) is 0.283. The number of likely N-dealkylation sites (N-methyl/N-ethyl adjacent to an activating group) is 1.